The van der Waals surface area contributed by atoms with Gasteiger partial charge in [-0.2, -0.15) is 0 Å². The van der Waals surface area contributed by atoms with E-state index in [1.165, 1.54) is 58.6 Å². The number of anilines is 2. The molecule has 3 amide bonds. The van der Waals surface area contributed by atoms with Gasteiger partial charge in [-0.25, -0.2) is 13.6 Å². The van der Waals surface area contributed by atoms with Crippen molar-refractivity contribution in [3.05, 3.63) is 84.2 Å². The summed E-state index contributed by atoms with van der Waals surface area (Å²) >= 11 is 0. The summed E-state index contributed by atoms with van der Waals surface area (Å²) in [4.78, 5) is 34.2. The van der Waals surface area contributed by atoms with Crippen molar-refractivity contribution in [3.63, 3.8) is 0 Å². The van der Waals surface area contributed by atoms with Gasteiger partial charge in [0, 0.05) is 41.9 Å². The van der Waals surface area contributed by atoms with Gasteiger partial charge in [0.25, 0.3) is 5.91 Å². The number of benzene rings is 3. The number of urea groups is 1. The topological polar surface area (TPSA) is 135 Å². The Morgan fingerprint density at radius 1 is 1.04 bits per heavy atom. The van der Waals surface area contributed by atoms with Crippen LogP contribution in [-0.4, -0.2) is 71.7 Å². The van der Waals surface area contributed by atoms with Gasteiger partial charge < -0.3 is 34.1 Å². The van der Waals surface area contributed by atoms with Gasteiger partial charge in [0.1, 0.15) is 37.5 Å². The van der Waals surface area contributed by atoms with Crippen molar-refractivity contribution in [2.45, 2.75) is 32.2 Å². The predicted molar refractivity (Wildman–Crippen MR) is 168 cm³/mol. The molecule has 0 radical (unpaired) electrons. The fraction of sp³-hybridized carbons (Fsp3) is 0.265. The van der Waals surface area contributed by atoms with E-state index in [0.717, 1.165) is 6.07 Å². The zero-order valence-electron chi connectivity index (χ0n) is 25.8. The highest BCUT2D eigenvalue weighted by atomic mass is 19.1. The van der Waals surface area contributed by atoms with Crippen LogP contribution in [-0.2, 0) is 9.53 Å². The minimum absolute atomic E-state index is 0.0414. The van der Waals surface area contributed by atoms with Gasteiger partial charge in [-0.15, -0.1) is 0 Å². The number of nitrogens with one attached hydrogen (secondary N) is 1. The van der Waals surface area contributed by atoms with Crippen LogP contribution < -0.4 is 29.2 Å². The summed E-state index contributed by atoms with van der Waals surface area (Å²) in [6.45, 7) is 3.99. The lowest BCUT2D eigenvalue weighted by atomic mass is 10.1. The Balaban J connectivity index is 1.12. The summed E-state index contributed by atoms with van der Waals surface area (Å²) in [6.07, 6.45) is 1.41. The number of aromatic nitrogens is 1. The molecule has 3 aliphatic heterocycles. The van der Waals surface area contributed by atoms with E-state index in [4.69, 9.17) is 23.7 Å². The van der Waals surface area contributed by atoms with Gasteiger partial charge in [-0.1, -0.05) is 0 Å². The summed E-state index contributed by atoms with van der Waals surface area (Å²) in [5.41, 5.74) is 1.18. The Labute approximate surface area is 273 Å². The van der Waals surface area contributed by atoms with Gasteiger partial charge in [0.2, 0.25) is 5.75 Å². The van der Waals surface area contributed by atoms with Gasteiger partial charge in [-0.3, -0.25) is 19.6 Å². The third-order valence-corrected chi connectivity index (χ3v) is 7.86. The van der Waals surface area contributed by atoms with Crippen molar-refractivity contribution in [3.8, 4) is 28.7 Å². The van der Waals surface area contributed by atoms with Crippen molar-refractivity contribution in [1.29, 1.82) is 0 Å². The second-order valence-corrected chi connectivity index (χ2v) is 11.4. The molecule has 4 aromatic rings. The number of epoxide rings is 1. The number of ether oxygens (including phenoxy) is 5. The van der Waals surface area contributed by atoms with E-state index in [1.54, 1.807) is 26.0 Å². The van der Waals surface area contributed by atoms with E-state index in [0.29, 0.717) is 33.8 Å². The number of pyridine rings is 1. The molecule has 0 saturated carbocycles. The maximum Gasteiger partial charge on any atom is 0.330 e. The Kier molecular flexibility index (Phi) is 8.19. The minimum atomic E-state index is -0.774. The molecule has 0 aliphatic carbocycles. The Morgan fingerprint density at radius 2 is 1.81 bits per heavy atom. The highest BCUT2D eigenvalue weighted by Gasteiger charge is 2.54. The number of hydrogen-bond donors (Lipinski definition) is 2. The van der Waals surface area contributed by atoms with Crippen molar-refractivity contribution in [1.82, 2.24) is 9.88 Å². The molecule has 14 heteroatoms. The van der Waals surface area contributed by atoms with Crippen LogP contribution in [0.2, 0.25) is 0 Å². The molecule has 1 aromatic heterocycles. The largest absolute Gasteiger partial charge is 0.487 e. The number of hydrogen-bond acceptors (Lipinski definition) is 9. The molecule has 48 heavy (non-hydrogen) atoms. The number of aliphatic hydroxyl groups excluding tert-OH is 1. The maximum atomic E-state index is 15.5. The monoisotopic (exact) mass is 660 g/mol. The van der Waals surface area contributed by atoms with Gasteiger partial charge in [0.05, 0.1) is 23.1 Å². The third kappa shape index (κ3) is 5.80. The van der Waals surface area contributed by atoms with Crippen LogP contribution in [0, 0.1) is 11.6 Å². The smallest absolute Gasteiger partial charge is 0.330 e. The summed E-state index contributed by atoms with van der Waals surface area (Å²) in [5.74, 6) is -0.685. The average molecular weight is 661 g/mol. The first-order valence-corrected chi connectivity index (χ1v) is 15.2. The molecule has 3 aromatic carbocycles. The van der Waals surface area contributed by atoms with Gasteiger partial charge in [-0.05, 0) is 56.3 Å². The fourth-order valence-electron chi connectivity index (χ4n) is 5.56. The number of amides is 3. The number of aliphatic hydroxyl groups is 1. The number of fused-ring (bicyclic) bond motifs is 4. The quantitative estimate of drug-likeness (QED) is 0.228. The summed E-state index contributed by atoms with van der Waals surface area (Å²) < 4.78 is 58.1. The Hall–Kier alpha value is -5.47. The molecule has 1 fully saturated rings. The first-order valence-electron chi connectivity index (χ1n) is 15.2. The van der Waals surface area contributed by atoms with Crippen molar-refractivity contribution < 1.29 is 47.2 Å². The lowest BCUT2D eigenvalue weighted by molar-refractivity contribution is -0.113. The van der Waals surface area contributed by atoms with Crippen LogP contribution in [0.25, 0.3) is 10.9 Å². The molecular formula is C34H30F2N4O8. The van der Waals surface area contributed by atoms with Crippen LogP contribution in [0.1, 0.15) is 13.8 Å². The highest BCUT2D eigenvalue weighted by molar-refractivity contribution is 6.07. The van der Waals surface area contributed by atoms with Crippen LogP contribution >= 0.6 is 0 Å². The summed E-state index contributed by atoms with van der Waals surface area (Å²) in [6, 6.07) is 11.8. The molecule has 12 nitrogen and oxygen atoms in total. The molecule has 7 rings (SSSR count). The van der Waals surface area contributed by atoms with E-state index in [2.05, 4.69) is 10.3 Å². The lowest BCUT2D eigenvalue weighted by Gasteiger charge is -2.29. The van der Waals surface area contributed by atoms with Crippen LogP contribution in [0.5, 0.6) is 28.7 Å². The van der Waals surface area contributed by atoms with Gasteiger partial charge >= 0.3 is 6.03 Å². The first-order chi connectivity index (χ1) is 23.2. The maximum absolute atomic E-state index is 15.5. The number of rotatable bonds is 9. The van der Waals surface area contributed by atoms with E-state index in [9.17, 15) is 19.1 Å². The normalized spacial score (nSPS) is 18.3. The first kappa shape index (κ1) is 31.1. The zero-order valence-corrected chi connectivity index (χ0v) is 25.8. The third-order valence-electron chi connectivity index (χ3n) is 7.86. The van der Waals surface area contributed by atoms with E-state index in [1.807, 2.05) is 0 Å². The second kappa shape index (κ2) is 12.6. The van der Waals surface area contributed by atoms with Crippen LogP contribution in [0.4, 0.5) is 25.0 Å². The van der Waals surface area contributed by atoms with E-state index in [-0.39, 0.29) is 55.2 Å². The van der Waals surface area contributed by atoms with Gasteiger partial charge in [0.15, 0.2) is 29.3 Å². The Bertz CT molecular complexity index is 1940. The van der Waals surface area contributed by atoms with E-state index >= 15 is 4.39 Å². The van der Waals surface area contributed by atoms with Crippen molar-refractivity contribution in [2.75, 3.05) is 36.6 Å². The van der Waals surface area contributed by atoms with E-state index < -0.39 is 35.9 Å². The molecule has 2 atom stereocenters. The SMILES string of the molecule is CC(C)N1C=C(C(=O)Nc2ccc(Oc3ccnc4cc(OCCO)c5c(c34)OCCO5)c(F)c2)C2OC2N(c2ccc(F)cc2)C1=O. The molecule has 0 spiro atoms. The Morgan fingerprint density at radius 3 is 2.54 bits per heavy atom. The molecule has 248 valence electrons. The molecule has 4 heterocycles. The predicted octanol–water partition coefficient (Wildman–Crippen LogP) is 5.35. The average Bonchev–Trinajstić information content (AvgIpc) is 3.86. The molecule has 0 bridgehead atoms. The van der Waals surface area contributed by atoms with Crippen molar-refractivity contribution >= 4 is 34.2 Å². The molecule has 1 saturated heterocycles. The zero-order chi connectivity index (χ0) is 33.5. The van der Waals surface area contributed by atoms with Crippen molar-refractivity contribution in [2.24, 2.45) is 0 Å². The standard InChI is InChI=1S/C34H30F2N4O8/c1-18(2)39-17-22(29-33(48-29)40(34(39)43)21-6-3-19(35)4-7-21)32(42)38-20-5-8-25(23(36)15-20)47-26-9-10-37-24-16-27(44-12-11-41)30-31(28(24)26)46-14-13-45-30/h3-10,15-18,29,33,41H,11-14H2,1-2H3,(H,38,42). The molecule has 2 N–H and O–H groups in total. The number of nitrogens with zero attached hydrogens (tertiary/aromatic N) is 3. The highest BCUT2D eigenvalue weighted by Crippen LogP contribution is 2.48. The second-order valence-electron chi connectivity index (χ2n) is 11.4. The number of carbonyl (C=O) groups excluding carboxylic acids is 2. The lowest BCUT2D eigenvalue weighted by Crippen LogP contribution is -2.44. The molecular weight excluding hydrogens is 630 g/mol. The number of halogens is 2. The fourth-order valence-corrected chi connectivity index (χ4v) is 5.56. The van der Waals surface area contributed by atoms with Crippen LogP contribution in [0.3, 0.4) is 0 Å². The van der Waals surface area contributed by atoms with Crippen LogP contribution in [0.15, 0.2) is 72.6 Å². The minimum Gasteiger partial charge on any atom is -0.487 e. The number of carbonyl (C=O) groups is 2. The summed E-state index contributed by atoms with van der Waals surface area (Å²) in [7, 11) is 0. The summed E-state index contributed by atoms with van der Waals surface area (Å²) in [5, 5.41) is 12.3. The molecule has 2 unspecified atom stereocenters. The molecule has 3 aliphatic rings.